The molecule has 1 aliphatic carbocycles. The van der Waals surface area contributed by atoms with E-state index in [-0.39, 0.29) is 12.5 Å². The van der Waals surface area contributed by atoms with Gasteiger partial charge in [0.2, 0.25) is 5.91 Å². The number of carbonyl (C=O) groups excluding carboxylic acids is 1. The van der Waals surface area contributed by atoms with Crippen molar-refractivity contribution in [3.8, 4) is 6.07 Å². The van der Waals surface area contributed by atoms with Crippen LogP contribution in [0.15, 0.2) is 18.2 Å². The lowest BCUT2D eigenvalue weighted by atomic mass is 9.87. The van der Waals surface area contributed by atoms with Crippen molar-refractivity contribution in [2.45, 2.75) is 31.8 Å². The zero-order chi connectivity index (χ0) is 15.5. The van der Waals surface area contributed by atoms with Crippen LogP contribution in [-0.2, 0) is 4.79 Å². The van der Waals surface area contributed by atoms with E-state index >= 15 is 0 Å². The van der Waals surface area contributed by atoms with Crippen LogP contribution >= 0.6 is 23.2 Å². The Bertz CT molecular complexity index is 557. The summed E-state index contributed by atoms with van der Waals surface area (Å²) in [5.41, 5.74) is -0.567. The van der Waals surface area contributed by atoms with Gasteiger partial charge in [0.25, 0.3) is 0 Å². The van der Waals surface area contributed by atoms with E-state index in [4.69, 9.17) is 23.2 Å². The maximum Gasteiger partial charge on any atom is 0.240 e. The molecule has 21 heavy (non-hydrogen) atoms. The molecule has 2 rings (SSSR count). The molecule has 1 fully saturated rings. The van der Waals surface area contributed by atoms with Crippen molar-refractivity contribution in [1.82, 2.24) is 5.32 Å². The van der Waals surface area contributed by atoms with Gasteiger partial charge in [-0.1, -0.05) is 42.1 Å². The van der Waals surface area contributed by atoms with Gasteiger partial charge in [-0.15, -0.1) is 0 Å². The van der Waals surface area contributed by atoms with Crippen LogP contribution in [0.1, 0.15) is 37.4 Å². The summed E-state index contributed by atoms with van der Waals surface area (Å²) in [7, 11) is 0. The average Bonchev–Trinajstić information content (AvgIpc) is 2.94. The fourth-order valence-electron chi connectivity index (χ4n) is 2.66. The maximum absolute atomic E-state index is 12.2. The number of rotatable bonds is 4. The first-order chi connectivity index (χ1) is 10.00. The van der Waals surface area contributed by atoms with E-state index in [1.165, 1.54) is 0 Å². The number of nitrogens with one attached hydrogen (secondary N) is 1. The Hall–Kier alpha value is -1.28. The molecule has 4 nitrogen and oxygen atoms in total. The number of hydrogen-bond acceptors (Lipinski definition) is 3. The summed E-state index contributed by atoms with van der Waals surface area (Å²) in [6, 6.07) is 7.05. The molecule has 1 amide bonds. The van der Waals surface area contributed by atoms with Crippen LogP contribution in [-0.4, -0.2) is 17.6 Å². The molecule has 1 aromatic carbocycles. The molecule has 0 bridgehead atoms. The molecule has 2 N–H and O–H groups in total. The molecule has 1 aliphatic rings. The summed E-state index contributed by atoms with van der Waals surface area (Å²) in [4.78, 5) is 12.2. The molecule has 0 aliphatic heterocycles. The highest BCUT2D eigenvalue weighted by Gasteiger charge is 2.41. The Morgan fingerprint density at radius 2 is 1.95 bits per heavy atom. The predicted octanol–water partition coefficient (Wildman–Crippen LogP) is 3.23. The first-order valence-electron chi connectivity index (χ1n) is 6.82. The zero-order valence-corrected chi connectivity index (χ0v) is 12.9. The highest BCUT2D eigenvalue weighted by Crippen LogP contribution is 2.38. The van der Waals surface area contributed by atoms with E-state index in [2.05, 4.69) is 11.4 Å². The second kappa shape index (κ2) is 6.65. The van der Waals surface area contributed by atoms with E-state index in [1.54, 1.807) is 18.2 Å². The van der Waals surface area contributed by atoms with Crippen molar-refractivity contribution in [3.05, 3.63) is 33.8 Å². The van der Waals surface area contributed by atoms with E-state index in [0.717, 1.165) is 12.8 Å². The minimum atomic E-state index is -1.01. The van der Waals surface area contributed by atoms with Crippen molar-refractivity contribution in [2.24, 2.45) is 5.41 Å². The largest absolute Gasteiger partial charge is 0.386 e. The van der Waals surface area contributed by atoms with E-state index in [9.17, 15) is 15.2 Å². The van der Waals surface area contributed by atoms with Gasteiger partial charge >= 0.3 is 0 Å². The van der Waals surface area contributed by atoms with Gasteiger partial charge in [0, 0.05) is 22.2 Å². The third kappa shape index (κ3) is 3.32. The molecular weight excluding hydrogens is 311 g/mol. The Morgan fingerprint density at radius 1 is 1.38 bits per heavy atom. The van der Waals surface area contributed by atoms with Gasteiger partial charge < -0.3 is 10.4 Å². The van der Waals surface area contributed by atoms with Gasteiger partial charge in [0.15, 0.2) is 0 Å². The number of hydrogen-bond donors (Lipinski definition) is 2. The molecule has 1 aromatic rings. The number of halogens is 2. The van der Waals surface area contributed by atoms with E-state index in [0.29, 0.717) is 28.5 Å². The molecule has 1 atom stereocenters. The fraction of sp³-hybridized carbons (Fsp3) is 0.467. The van der Waals surface area contributed by atoms with Crippen molar-refractivity contribution >= 4 is 29.1 Å². The van der Waals surface area contributed by atoms with E-state index in [1.807, 2.05) is 0 Å². The summed E-state index contributed by atoms with van der Waals surface area (Å²) in [5, 5.41) is 22.7. The Balaban J connectivity index is 2.03. The van der Waals surface area contributed by atoms with Gasteiger partial charge in [-0.05, 0) is 25.0 Å². The number of nitriles is 1. The first-order valence-corrected chi connectivity index (χ1v) is 7.57. The number of aliphatic hydroxyl groups is 1. The number of benzene rings is 1. The Labute approximate surface area is 133 Å². The normalized spacial score (nSPS) is 18.0. The summed E-state index contributed by atoms with van der Waals surface area (Å²) >= 11 is 12.0. The Morgan fingerprint density at radius 3 is 2.48 bits per heavy atom. The first kappa shape index (κ1) is 16.1. The third-order valence-corrected chi connectivity index (χ3v) is 4.55. The van der Waals surface area contributed by atoms with Crippen molar-refractivity contribution in [3.63, 3.8) is 0 Å². The molecule has 0 saturated heterocycles. The molecule has 6 heteroatoms. The zero-order valence-electron chi connectivity index (χ0n) is 11.4. The number of nitrogens with zero attached hydrogens (tertiary/aromatic N) is 1. The fourth-order valence-corrected chi connectivity index (χ4v) is 3.31. The average molecular weight is 327 g/mol. The topological polar surface area (TPSA) is 73.1 Å². The standard InChI is InChI=1S/C15H16Cl2N2O2/c16-10-4-3-5-11(17)13(10)12(20)8-19-14(21)15(9-18)6-1-2-7-15/h3-5,12,20H,1-2,6-8H2,(H,19,21)/t12-/m0/s1. The quantitative estimate of drug-likeness (QED) is 0.892. The van der Waals surface area contributed by atoms with Crippen LogP contribution in [0.3, 0.4) is 0 Å². The summed E-state index contributed by atoms with van der Waals surface area (Å²) in [5.74, 6) is -0.329. The number of carbonyl (C=O) groups is 1. The van der Waals surface area contributed by atoms with Crippen LogP contribution in [0.4, 0.5) is 0 Å². The third-order valence-electron chi connectivity index (χ3n) is 3.89. The lowest BCUT2D eigenvalue weighted by Crippen LogP contribution is -2.40. The molecule has 0 radical (unpaired) electrons. The highest BCUT2D eigenvalue weighted by atomic mass is 35.5. The van der Waals surface area contributed by atoms with Crippen LogP contribution in [0, 0.1) is 16.7 Å². The van der Waals surface area contributed by atoms with Crippen LogP contribution in [0.2, 0.25) is 10.0 Å². The highest BCUT2D eigenvalue weighted by molar-refractivity contribution is 6.36. The smallest absolute Gasteiger partial charge is 0.240 e. The predicted molar refractivity (Wildman–Crippen MR) is 80.9 cm³/mol. The van der Waals surface area contributed by atoms with E-state index < -0.39 is 11.5 Å². The monoisotopic (exact) mass is 326 g/mol. The van der Waals surface area contributed by atoms with Crippen molar-refractivity contribution < 1.29 is 9.90 Å². The lowest BCUT2D eigenvalue weighted by Gasteiger charge is -2.21. The molecule has 0 heterocycles. The van der Waals surface area contributed by atoms with Gasteiger partial charge in [-0.3, -0.25) is 4.79 Å². The van der Waals surface area contributed by atoms with Crippen molar-refractivity contribution in [2.75, 3.05) is 6.54 Å². The summed E-state index contributed by atoms with van der Waals surface area (Å²) < 4.78 is 0. The van der Waals surface area contributed by atoms with Gasteiger partial charge in [-0.25, -0.2) is 0 Å². The number of aliphatic hydroxyl groups excluding tert-OH is 1. The molecular formula is C15H16Cl2N2O2. The lowest BCUT2D eigenvalue weighted by molar-refractivity contribution is -0.128. The molecule has 0 unspecified atom stereocenters. The molecule has 0 spiro atoms. The second-order valence-corrected chi connectivity index (χ2v) is 6.08. The second-order valence-electron chi connectivity index (χ2n) is 5.26. The molecule has 112 valence electrons. The molecule has 0 aromatic heterocycles. The summed E-state index contributed by atoms with van der Waals surface area (Å²) in [6.45, 7) is -0.0221. The van der Waals surface area contributed by atoms with Gasteiger partial charge in [0.1, 0.15) is 5.41 Å². The molecule has 1 saturated carbocycles. The van der Waals surface area contributed by atoms with Crippen LogP contribution in [0.5, 0.6) is 0 Å². The SMILES string of the molecule is N#CC1(C(=O)NC[C@H](O)c2c(Cl)cccc2Cl)CCCC1. The van der Waals surface area contributed by atoms with Gasteiger partial charge in [-0.2, -0.15) is 5.26 Å². The summed E-state index contributed by atoms with van der Waals surface area (Å²) in [6.07, 6.45) is 1.88. The van der Waals surface area contributed by atoms with Crippen LogP contribution < -0.4 is 5.32 Å². The van der Waals surface area contributed by atoms with Crippen molar-refractivity contribution in [1.29, 1.82) is 5.26 Å². The minimum Gasteiger partial charge on any atom is -0.386 e. The minimum absolute atomic E-state index is 0.0221. The van der Waals surface area contributed by atoms with Gasteiger partial charge in [0.05, 0.1) is 12.2 Å². The maximum atomic E-state index is 12.2. The number of amides is 1. The Kier molecular flexibility index (Phi) is 5.10. The van der Waals surface area contributed by atoms with Crippen LogP contribution in [0.25, 0.3) is 0 Å².